The quantitative estimate of drug-likeness (QED) is 0.0346. The second-order valence-electron chi connectivity index (χ2n) is 12.6. The van der Waals surface area contributed by atoms with Gasteiger partial charge < -0.3 is 19.9 Å². The minimum atomic E-state index is -0.558. The van der Waals surface area contributed by atoms with Crippen molar-refractivity contribution in [2.24, 2.45) is 0 Å². The first kappa shape index (κ1) is 36.7. The Morgan fingerprint density at radius 3 is 2.27 bits per heavy atom. The van der Waals surface area contributed by atoms with Crippen LogP contribution in [0.5, 0.6) is 0 Å². The van der Waals surface area contributed by atoms with E-state index in [-0.39, 0.29) is 37.0 Å². The number of benzene rings is 4. The van der Waals surface area contributed by atoms with E-state index in [4.69, 9.17) is 19.7 Å². The first-order chi connectivity index (χ1) is 25.0. The predicted octanol–water partition coefficient (Wildman–Crippen LogP) is 8.26. The van der Waals surface area contributed by atoms with Gasteiger partial charge in [-0.05, 0) is 52.8 Å². The van der Waals surface area contributed by atoms with Gasteiger partial charge in [0.2, 0.25) is 11.8 Å². The number of aromatic nitrogens is 1. The van der Waals surface area contributed by atoms with Gasteiger partial charge in [-0.15, -0.1) is 11.3 Å². The first-order valence-corrected chi connectivity index (χ1v) is 19.2. The fraction of sp³-hybridized carbons (Fsp3) is 0.325. The van der Waals surface area contributed by atoms with E-state index >= 15 is 0 Å². The number of unbranched alkanes of at least 4 members (excludes halogenated alkanes) is 3. The highest BCUT2D eigenvalue weighted by Crippen LogP contribution is 2.40. The number of hydrogen-bond acceptors (Lipinski definition) is 9. The summed E-state index contributed by atoms with van der Waals surface area (Å²) in [5, 5.41) is 21.2. The number of rotatable bonds is 16. The topological polar surface area (TPSA) is 130 Å². The minimum absolute atomic E-state index is 0.00264. The predicted molar refractivity (Wildman–Crippen MR) is 200 cm³/mol. The molecule has 1 aliphatic heterocycles. The molecule has 0 bridgehead atoms. The zero-order valence-corrected chi connectivity index (χ0v) is 30.0. The minimum Gasteiger partial charge on any atom is -0.392 e. The van der Waals surface area contributed by atoms with E-state index in [1.54, 1.807) is 28.6 Å². The van der Waals surface area contributed by atoms with Crippen LogP contribution in [-0.4, -0.2) is 39.0 Å². The summed E-state index contributed by atoms with van der Waals surface area (Å²) in [5.74, 6) is 0.356. The fourth-order valence-electron chi connectivity index (χ4n) is 6.14. The molecule has 9 nitrogen and oxygen atoms in total. The third-order valence-electron chi connectivity index (χ3n) is 8.95. The lowest BCUT2D eigenvalue weighted by atomic mass is 9.97. The SMILES string of the molecule is O=C(CCCCCCC(=O)NCc1ccccc1-c1ccc(C2OC(CSc3nc4ccccc4s3)CC(c3ccc(CO)cc3)O2)cc1)NO. The molecule has 51 heavy (non-hydrogen) atoms. The van der Waals surface area contributed by atoms with E-state index in [9.17, 15) is 14.7 Å². The molecule has 6 rings (SSSR count). The molecule has 5 aromatic rings. The lowest BCUT2D eigenvalue weighted by Gasteiger charge is -2.36. The highest BCUT2D eigenvalue weighted by Gasteiger charge is 2.32. The van der Waals surface area contributed by atoms with Crippen LogP contribution in [0.4, 0.5) is 0 Å². The monoisotopic (exact) mass is 725 g/mol. The van der Waals surface area contributed by atoms with Crippen LogP contribution < -0.4 is 10.8 Å². The van der Waals surface area contributed by atoms with E-state index < -0.39 is 6.29 Å². The molecule has 1 aromatic heterocycles. The van der Waals surface area contributed by atoms with Crippen LogP contribution in [0.15, 0.2) is 101 Å². The Labute approximate surface area is 306 Å². The van der Waals surface area contributed by atoms with Crippen LogP contribution in [0.3, 0.4) is 0 Å². The smallest absolute Gasteiger partial charge is 0.243 e. The number of hydrogen-bond donors (Lipinski definition) is 4. The molecule has 2 amide bonds. The molecule has 1 aliphatic rings. The summed E-state index contributed by atoms with van der Waals surface area (Å²) >= 11 is 3.41. The van der Waals surface area contributed by atoms with Gasteiger partial charge >= 0.3 is 0 Å². The van der Waals surface area contributed by atoms with Gasteiger partial charge in [0.25, 0.3) is 0 Å². The summed E-state index contributed by atoms with van der Waals surface area (Å²) in [7, 11) is 0. The van der Waals surface area contributed by atoms with Gasteiger partial charge in [-0.1, -0.05) is 110 Å². The van der Waals surface area contributed by atoms with Crippen molar-refractivity contribution in [1.29, 1.82) is 0 Å². The third kappa shape index (κ3) is 10.2. The van der Waals surface area contributed by atoms with Crippen LogP contribution in [-0.2, 0) is 32.2 Å². The number of para-hydroxylation sites is 1. The second-order valence-corrected chi connectivity index (χ2v) is 14.9. The molecular formula is C40H43N3O6S2. The molecule has 0 aliphatic carbocycles. The van der Waals surface area contributed by atoms with E-state index in [2.05, 4.69) is 41.7 Å². The molecule has 0 radical (unpaired) electrons. The number of hydroxylamine groups is 1. The van der Waals surface area contributed by atoms with Crippen molar-refractivity contribution >= 4 is 45.1 Å². The summed E-state index contributed by atoms with van der Waals surface area (Å²) in [4.78, 5) is 28.5. The van der Waals surface area contributed by atoms with Crippen LogP contribution in [0.2, 0.25) is 0 Å². The molecule has 2 heterocycles. The van der Waals surface area contributed by atoms with Crippen LogP contribution in [0.25, 0.3) is 21.3 Å². The molecule has 0 spiro atoms. The lowest BCUT2D eigenvalue weighted by Crippen LogP contribution is -2.31. The van der Waals surface area contributed by atoms with Crippen LogP contribution in [0, 0.1) is 0 Å². The molecule has 11 heteroatoms. The molecule has 3 atom stereocenters. The van der Waals surface area contributed by atoms with E-state index in [1.165, 1.54) is 4.70 Å². The maximum atomic E-state index is 12.6. The van der Waals surface area contributed by atoms with Gasteiger partial charge in [0.1, 0.15) is 0 Å². The zero-order valence-electron chi connectivity index (χ0n) is 28.3. The molecule has 3 unspecified atom stereocenters. The molecule has 4 N–H and O–H groups in total. The Morgan fingerprint density at radius 1 is 0.824 bits per heavy atom. The molecule has 1 saturated heterocycles. The number of nitrogens with zero attached hydrogens (tertiary/aromatic N) is 1. The summed E-state index contributed by atoms with van der Waals surface area (Å²) in [6.07, 6.45) is 3.73. The maximum absolute atomic E-state index is 12.6. The third-order valence-corrected chi connectivity index (χ3v) is 11.3. The number of fused-ring (bicyclic) bond motifs is 1. The average molecular weight is 726 g/mol. The highest BCUT2D eigenvalue weighted by atomic mass is 32.2. The Morgan fingerprint density at radius 2 is 1.53 bits per heavy atom. The van der Waals surface area contributed by atoms with Gasteiger partial charge in [-0.3, -0.25) is 14.8 Å². The number of nitrogens with one attached hydrogen (secondary N) is 2. The number of thiazole rings is 1. The molecule has 0 saturated carbocycles. The van der Waals surface area contributed by atoms with Crippen molar-refractivity contribution in [3.8, 4) is 11.1 Å². The Hall–Kier alpha value is -4.10. The van der Waals surface area contributed by atoms with Crippen molar-refractivity contribution in [3.05, 3.63) is 119 Å². The number of ether oxygens (including phenoxy) is 2. The number of thioether (sulfide) groups is 1. The lowest BCUT2D eigenvalue weighted by molar-refractivity contribution is -0.245. The van der Waals surface area contributed by atoms with Crippen LogP contribution in [0.1, 0.15) is 79.6 Å². The Kier molecular flexibility index (Phi) is 13.2. The summed E-state index contributed by atoms with van der Waals surface area (Å²) in [6.45, 7) is 0.421. The molecular weight excluding hydrogens is 683 g/mol. The van der Waals surface area contributed by atoms with Gasteiger partial charge in [0, 0.05) is 37.1 Å². The van der Waals surface area contributed by atoms with E-state index in [1.807, 2.05) is 60.7 Å². The van der Waals surface area contributed by atoms with Gasteiger partial charge in [-0.25, -0.2) is 10.5 Å². The summed E-state index contributed by atoms with van der Waals surface area (Å²) in [5.41, 5.74) is 8.59. The number of carbonyl (C=O) groups is 2. The van der Waals surface area contributed by atoms with E-state index in [0.29, 0.717) is 25.8 Å². The number of carbonyl (C=O) groups excluding carboxylic acids is 2. The first-order valence-electron chi connectivity index (χ1n) is 17.4. The van der Waals surface area contributed by atoms with Crippen molar-refractivity contribution in [1.82, 2.24) is 15.8 Å². The largest absolute Gasteiger partial charge is 0.392 e. The molecule has 266 valence electrons. The number of aliphatic hydroxyl groups is 1. The standard InChI is InChI=1S/C40H43N3O6S2/c44-25-27-15-17-29(18-16-27)35-23-32(26-50-40-42-34-11-7-8-12-36(34)51-40)48-39(49-35)30-21-19-28(20-22-30)33-10-6-5-9-31(33)24-41-37(45)13-3-1-2-4-14-38(46)43-47/h5-12,15-22,32,35,39,44,47H,1-4,13-14,23-26H2,(H,41,45)(H,43,46). The molecule has 1 fully saturated rings. The highest BCUT2D eigenvalue weighted by molar-refractivity contribution is 8.01. The Bertz CT molecular complexity index is 1850. The van der Waals surface area contributed by atoms with E-state index in [0.717, 1.165) is 68.3 Å². The summed E-state index contributed by atoms with van der Waals surface area (Å²) < 4.78 is 15.4. The fourth-order valence-corrected chi connectivity index (χ4v) is 8.25. The van der Waals surface area contributed by atoms with Gasteiger partial charge in [-0.2, -0.15) is 0 Å². The van der Waals surface area contributed by atoms with Gasteiger partial charge in [0.05, 0.1) is 29.0 Å². The molecule has 4 aromatic carbocycles. The maximum Gasteiger partial charge on any atom is 0.243 e. The Balaban J connectivity index is 1.09. The van der Waals surface area contributed by atoms with Crippen molar-refractivity contribution in [3.63, 3.8) is 0 Å². The van der Waals surface area contributed by atoms with Gasteiger partial charge in [0.15, 0.2) is 10.6 Å². The summed E-state index contributed by atoms with van der Waals surface area (Å²) in [6, 6.07) is 32.4. The van der Waals surface area contributed by atoms with Crippen molar-refractivity contribution in [2.45, 2.75) is 80.9 Å². The number of amides is 2. The van der Waals surface area contributed by atoms with Crippen molar-refractivity contribution < 1.29 is 29.4 Å². The average Bonchev–Trinajstić information content (AvgIpc) is 3.61. The second kappa shape index (κ2) is 18.4. The number of aliphatic hydroxyl groups excluding tert-OH is 1. The zero-order chi connectivity index (χ0) is 35.4. The van der Waals surface area contributed by atoms with Crippen molar-refractivity contribution in [2.75, 3.05) is 5.75 Å². The normalized spacial score (nSPS) is 17.3. The van der Waals surface area contributed by atoms with Crippen LogP contribution >= 0.6 is 23.1 Å².